The highest BCUT2D eigenvalue weighted by molar-refractivity contribution is 7.84. The Morgan fingerprint density at radius 1 is 1.42 bits per heavy atom. The number of carbonyl (C=O) groups excluding carboxylic acids is 1. The van der Waals surface area contributed by atoms with Crippen LogP contribution in [-0.2, 0) is 10.8 Å². The number of carbonyl (C=O) groups is 1. The van der Waals surface area contributed by atoms with Gasteiger partial charge in [0.15, 0.2) is 0 Å². The summed E-state index contributed by atoms with van der Waals surface area (Å²) in [4.78, 5) is 20.8. The maximum atomic E-state index is 13.4. The Morgan fingerprint density at radius 3 is 2.58 bits per heavy atom. The van der Waals surface area contributed by atoms with Crippen molar-refractivity contribution in [2.24, 2.45) is 0 Å². The predicted molar refractivity (Wildman–Crippen MR) is 64.3 cm³/mol. The van der Waals surface area contributed by atoms with E-state index in [-0.39, 0.29) is 12.3 Å². The smallest absolute Gasteiger partial charge is 0.307 e. The van der Waals surface area contributed by atoms with Crippen molar-refractivity contribution in [3.8, 4) is 0 Å². The van der Waals surface area contributed by atoms with E-state index in [0.717, 1.165) is 0 Å². The lowest BCUT2D eigenvalue weighted by Crippen LogP contribution is -2.28. The summed E-state index contributed by atoms with van der Waals surface area (Å²) in [6, 6.07) is 0.813. The van der Waals surface area contributed by atoms with Crippen molar-refractivity contribution in [1.82, 2.24) is 5.32 Å². The molecule has 0 aliphatic rings. The van der Waals surface area contributed by atoms with Crippen LogP contribution < -0.4 is 5.32 Å². The average Bonchev–Trinajstić information content (AvgIpc) is 2.30. The van der Waals surface area contributed by atoms with Crippen LogP contribution in [0.3, 0.4) is 0 Å². The van der Waals surface area contributed by atoms with Crippen molar-refractivity contribution in [2.45, 2.75) is 0 Å². The summed E-state index contributed by atoms with van der Waals surface area (Å²) >= 11 is 0. The van der Waals surface area contributed by atoms with Gasteiger partial charge in [-0.25, -0.2) is 4.39 Å². The number of nitro benzene ring substituents is 1. The summed E-state index contributed by atoms with van der Waals surface area (Å²) in [6.45, 7) is 0.0278. The molecule has 1 rings (SSSR count). The number of benzene rings is 1. The lowest BCUT2D eigenvalue weighted by molar-refractivity contribution is -0.387. The van der Waals surface area contributed by atoms with Gasteiger partial charge in [-0.05, 0) is 6.07 Å². The van der Waals surface area contributed by atoms with Gasteiger partial charge in [0.25, 0.3) is 5.91 Å². The van der Waals surface area contributed by atoms with Crippen molar-refractivity contribution in [2.75, 3.05) is 18.6 Å². The molecule has 0 fully saturated rings. The van der Waals surface area contributed by atoms with E-state index in [0.29, 0.717) is 12.1 Å². The zero-order valence-electron chi connectivity index (χ0n) is 9.81. The molecule has 6 nitrogen and oxygen atoms in total. The van der Waals surface area contributed by atoms with Gasteiger partial charge < -0.3 is 5.32 Å². The molecule has 0 radical (unpaired) electrons. The first kappa shape index (κ1) is 15.2. The Balaban J connectivity index is 2.89. The van der Waals surface area contributed by atoms with Crippen LogP contribution in [0, 0.1) is 21.7 Å². The van der Waals surface area contributed by atoms with Crippen LogP contribution in [0.1, 0.15) is 10.4 Å². The molecule has 1 unspecified atom stereocenters. The summed E-state index contributed by atoms with van der Waals surface area (Å²) in [5, 5.41) is 12.6. The molecule has 1 amide bonds. The van der Waals surface area contributed by atoms with Crippen LogP contribution in [0.5, 0.6) is 0 Å². The monoisotopic (exact) mass is 292 g/mol. The molecule has 0 saturated heterocycles. The first-order chi connectivity index (χ1) is 8.82. The second-order valence-electron chi connectivity index (χ2n) is 3.57. The van der Waals surface area contributed by atoms with Gasteiger partial charge in [0.1, 0.15) is 5.82 Å². The minimum Gasteiger partial charge on any atom is -0.351 e. The Labute approximate surface area is 109 Å². The van der Waals surface area contributed by atoms with E-state index in [9.17, 15) is 27.9 Å². The molecule has 0 spiro atoms. The number of nitro groups is 1. The molecule has 1 N–H and O–H groups in total. The second kappa shape index (κ2) is 6.32. The Hall–Kier alpha value is -1.90. The Bertz CT molecular complexity index is 551. The molecule has 0 bridgehead atoms. The van der Waals surface area contributed by atoms with Crippen molar-refractivity contribution < 1.29 is 22.7 Å². The van der Waals surface area contributed by atoms with Crippen LogP contribution >= 0.6 is 0 Å². The highest BCUT2D eigenvalue weighted by Gasteiger charge is 2.21. The topological polar surface area (TPSA) is 89.3 Å². The van der Waals surface area contributed by atoms with Crippen LogP contribution in [0.2, 0.25) is 0 Å². The van der Waals surface area contributed by atoms with Gasteiger partial charge in [0.2, 0.25) is 5.82 Å². The molecule has 19 heavy (non-hydrogen) atoms. The van der Waals surface area contributed by atoms with E-state index in [1.807, 2.05) is 0 Å². The second-order valence-corrected chi connectivity index (χ2v) is 5.13. The molecular weight excluding hydrogens is 282 g/mol. The molecule has 0 heterocycles. The number of nitrogens with one attached hydrogen (secondary N) is 1. The molecule has 0 aliphatic heterocycles. The van der Waals surface area contributed by atoms with E-state index in [4.69, 9.17) is 0 Å². The summed E-state index contributed by atoms with van der Waals surface area (Å²) in [5.74, 6) is -3.24. The predicted octanol–water partition coefficient (Wildman–Crippen LogP) is 0.981. The number of nitrogens with zero attached hydrogens (tertiary/aromatic N) is 1. The number of amides is 1. The van der Waals surface area contributed by atoms with Crippen molar-refractivity contribution in [3.63, 3.8) is 0 Å². The largest absolute Gasteiger partial charge is 0.351 e. The highest BCUT2D eigenvalue weighted by Crippen LogP contribution is 2.21. The third kappa shape index (κ3) is 4.05. The average molecular weight is 292 g/mol. The molecule has 0 aromatic heterocycles. The van der Waals surface area contributed by atoms with E-state index < -0.39 is 44.5 Å². The zero-order valence-corrected chi connectivity index (χ0v) is 10.6. The standard InChI is InChI=1S/C10H10F2N2O4S/c1-19(18)3-2-13-10(15)6-4-8(12)9(14(16)17)5-7(6)11/h4-5H,2-3H2,1H3,(H,13,15). The van der Waals surface area contributed by atoms with E-state index >= 15 is 0 Å². The zero-order chi connectivity index (χ0) is 14.6. The summed E-state index contributed by atoms with van der Waals surface area (Å²) in [5.41, 5.74) is -1.67. The van der Waals surface area contributed by atoms with Crippen molar-refractivity contribution in [3.05, 3.63) is 39.4 Å². The molecule has 1 aromatic carbocycles. The van der Waals surface area contributed by atoms with Gasteiger partial charge in [-0.1, -0.05) is 0 Å². The molecule has 1 atom stereocenters. The molecular formula is C10H10F2N2O4S. The van der Waals surface area contributed by atoms with Gasteiger partial charge in [0.05, 0.1) is 16.6 Å². The molecule has 104 valence electrons. The normalized spacial score (nSPS) is 11.9. The van der Waals surface area contributed by atoms with E-state index in [2.05, 4.69) is 5.32 Å². The van der Waals surface area contributed by atoms with Gasteiger partial charge in [-0.2, -0.15) is 4.39 Å². The fourth-order valence-electron chi connectivity index (χ4n) is 1.25. The van der Waals surface area contributed by atoms with E-state index in [1.54, 1.807) is 0 Å². The third-order valence-corrected chi connectivity index (χ3v) is 2.93. The molecule has 9 heteroatoms. The van der Waals surface area contributed by atoms with Crippen LogP contribution in [0.4, 0.5) is 14.5 Å². The highest BCUT2D eigenvalue weighted by atomic mass is 32.2. The van der Waals surface area contributed by atoms with Crippen molar-refractivity contribution in [1.29, 1.82) is 0 Å². The Morgan fingerprint density at radius 2 is 2.05 bits per heavy atom. The van der Waals surface area contributed by atoms with Gasteiger partial charge in [0, 0.05) is 29.4 Å². The first-order valence-electron chi connectivity index (χ1n) is 5.04. The quantitative estimate of drug-likeness (QED) is 0.647. The Kier molecular flexibility index (Phi) is 5.04. The maximum absolute atomic E-state index is 13.4. The number of hydrogen-bond acceptors (Lipinski definition) is 4. The first-order valence-corrected chi connectivity index (χ1v) is 6.77. The molecule has 0 saturated carbocycles. The number of hydrogen-bond donors (Lipinski definition) is 1. The van der Waals surface area contributed by atoms with Gasteiger partial charge in [-0.3, -0.25) is 19.1 Å². The molecule has 1 aromatic rings. The van der Waals surface area contributed by atoms with Crippen LogP contribution in [0.15, 0.2) is 12.1 Å². The summed E-state index contributed by atoms with van der Waals surface area (Å²) in [7, 11) is -1.13. The fraction of sp³-hybridized carbons (Fsp3) is 0.300. The van der Waals surface area contributed by atoms with Crippen LogP contribution in [0.25, 0.3) is 0 Å². The lowest BCUT2D eigenvalue weighted by atomic mass is 10.1. The minimum absolute atomic E-state index is 0.0278. The third-order valence-electron chi connectivity index (χ3n) is 2.15. The molecule has 0 aliphatic carbocycles. The SMILES string of the molecule is CS(=O)CCNC(=O)c1cc(F)c([N+](=O)[O-])cc1F. The van der Waals surface area contributed by atoms with Gasteiger partial charge in [-0.15, -0.1) is 0 Å². The van der Waals surface area contributed by atoms with Crippen LogP contribution in [-0.4, -0.2) is 33.6 Å². The fourth-order valence-corrected chi connectivity index (χ4v) is 1.64. The number of rotatable bonds is 5. The maximum Gasteiger partial charge on any atom is 0.307 e. The van der Waals surface area contributed by atoms with Gasteiger partial charge >= 0.3 is 5.69 Å². The lowest BCUT2D eigenvalue weighted by Gasteiger charge is -2.05. The van der Waals surface area contributed by atoms with Crippen molar-refractivity contribution >= 4 is 22.4 Å². The summed E-state index contributed by atoms with van der Waals surface area (Å²) < 4.78 is 37.4. The number of halogens is 2. The van der Waals surface area contributed by atoms with E-state index in [1.165, 1.54) is 6.26 Å². The minimum atomic E-state index is -1.30. The summed E-state index contributed by atoms with van der Waals surface area (Å²) in [6.07, 6.45) is 1.43.